The molecule has 5 heteroatoms. The molecule has 22 heavy (non-hydrogen) atoms. The van der Waals surface area contributed by atoms with Crippen LogP contribution in [-0.2, 0) is 11.3 Å². The Morgan fingerprint density at radius 1 is 1.45 bits per heavy atom. The predicted octanol–water partition coefficient (Wildman–Crippen LogP) is 2.69. The van der Waals surface area contributed by atoms with Gasteiger partial charge < -0.3 is 14.8 Å². The monoisotopic (exact) mass is 324 g/mol. The third kappa shape index (κ3) is 4.35. The molecule has 0 aliphatic carbocycles. The van der Waals surface area contributed by atoms with Crippen molar-refractivity contribution in [2.45, 2.75) is 38.5 Å². The van der Waals surface area contributed by atoms with Gasteiger partial charge in [-0.15, -0.1) is 0 Å². The minimum atomic E-state index is 0.239. The Morgan fingerprint density at radius 2 is 2.36 bits per heavy atom. The first kappa shape index (κ1) is 16.1. The molecule has 0 aromatic heterocycles. The molecule has 0 saturated carbocycles. The molecule has 4 nitrogen and oxygen atoms in total. The zero-order valence-corrected chi connectivity index (χ0v) is 13.9. The molecule has 2 atom stereocenters. The normalized spacial score (nSPS) is 26.3. The second-order valence-corrected chi connectivity index (χ2v) is 6.72. The molecule has 0 bridgehead atoms. The largest absolute Gasteiger partial charge is 0.491 e. The number of piperazine rings is 1. The number of rotatable bonds is 5. The number of hydrogen-bond donors (Lipinski definition) is 1. The Morgan fingerprint density at radius 3 is 3.14 bits per heavy atom. The van der Waals surface area contributed by atoms with Crippen molar-refractivity contribution in [1.82, 2.24) is 10.2 Å². The predicted molar refractivity (Wildman–Crippen MR) is 88.7 cm³/mol. The molecule has 2 fully saturated rings. The highest BCUT2D eigenvalue weighted by Gasteiger charge is 2.19. The molecule has 0 spiro atoms. The summed E-state index contributed by atoms with van der Waals surface area (Å²) >= 11 is 6.18. The van der Waals surface area contributed by atoms with E-state index in [-0.39, 0.29) is 6.10 Å². The molecule has 0 radical (unpaired) electrons. The van der Waals surface area contributed by atoms with E-state index in [1.54, 1.807) is 0 Å². The van der Waals surface area contributed by atoms with E-state index in [0.29, 0.717) is 12.6 Å². The van der Waals surface area contributed by atoms with E-state index >= 15 is 0 Å². The lowest BCUT2D eigenvalue weighted by molar-refractivity contribution is 0.0672. The molecule has 122 valence electrons. The molecule has 2 aliphatic rings. The standard InChI is InChI=1S/C17H25ClN2O2/c1-13-10-20(7-6-19-13)11-14-9-15(18)4-5-17(14)22-12-16-3-2-8-21-16/h4-5,9,13,16,19H,2-3,6-8,10-12H2,1H3. The van der Waals surface area contributed by atoms with Gasteiger partial charge in [-0.1, -0.05) is 11.6 Å². The first-order valence-electron chi connectivity index (χ1n) is 8.19. The summed E-state index contributed by atoms with van der Waals surface area (Å²) in [6, 6.07) is 6.44. The van der Waals surface area contributed by atoms with Gasteiger partial charge >= 0.3 is 0 Å². The summed E-state index contributed by atoms with van der Waals surface area (Å²) in [5, 5.41) is 4.24. The fraction of sp³-hybridized carbons (Fsp3) is 0.647. The van der Waals surface area contributed by atoms with Crippen molar-refractivity contribution in [3.63, 3.8) is 0 Å². The van der Waals surface area contributed by atoms with Gasteiger partial charge in [0.15, 0.2) is 0 Å². The SMILES string of the molecule is CC1CN(Cc2cc(Cl)ccc2OCC2CCCO2)CCN1. The highest BCUT2D eigenvalue weighted by atomic mass is 35.5. The lowest BCUT2D eigenvalue weighted by atomic mass is 10.1. The van der Waals surface area contributed by atoms with Crippen LogP contribution in [0.4, 0.5) is 0 Å². The summed E-state index contributed by atoms with van der Waals surface area (Å²) in [6.45, 7) is 7.74. The third-order valence-corrected chi connectivity index (χ3v) is 4.55. The van der Waals surface area contributed by atoms with E-state index in [0.717, 1.165) is 56.4 Å². The molecule has 1 N–H and O–H groups in total. The quantitative estimate of drug-likeness (QED) is 0.903. The summed E-state index contributed by atoms with van der Waals surface area (Å²) in [5.74, 6) is 0.936. The van der Waals surface area contributed by atoms with Crippen molar-refractivity contribution < 1.29 is 9.47 Å². The summed E-state index contributed by atoms with van der Waals surface area (Å²) in [6.07, 6.45) is 2.47. The lowest BCUT2D eigenvalue weighted by Crippen LogP contribution is -2.48. The van der Waals surface area contributed by atoms with Crippen LogP contribution < -0.4 is 10.1 Å². The number of halogens is 1. The van der Waals surface area contributed by atoms with Crippen LogP contribution in [0.15, 0.2) is 18.2 Å². The summed E-state index contributed by atoms with van der Waals surface area (Å²) in [5.41, 5.74) is 1.17. The molecule has 2 aliphatic heterocycles. The summed E-state index contributed by atoms with van der Waals surface area (Å²) in [7, 11) is 0. The molecule has 2 heterocycles. The van der Waals surface area contributed by atoms with E-state index in [4.69, 9.17) is 21.1 Å². The van der Waals surface area contributed by atoms with Crippen molar-refractivity contribution in [2.75, 3.05) is 32.8 Å². The third-order valence-electron chi connectivity index (χ3n) is 4.32. The average molecular weight is 325 g/mol. The van der Waals surface area contributed by atoms with Gasteiger partial charge in [-0.05, 0) is 38.0 Å². The van der Waals surface area contributed by atoms with Crippen molar-refractivity contribution in [3.05, 3.63) is 28.8 Å². The van der Waals surface area contributed by atoms with E-state index in [2.05, 4.69) is 17.1 Å². The average Bonchev–Trinajstić information content (AvgIpc) is 3.00. The van der Waals surface area contributed by atoms with Crippen LogP contribution in [0.25, 0.3) is 0 Å². The summed E-state index contributed by atoms with van der Waals surface area (Å²) < 4.78 is 11.7. The highest BCUT2D eigenvalue weighted by Crippen LogP contribution is 2.26. The Kier molecular flexibility index (Phi) is 5.58. The Bertz CT molecular complexity index is 492. The van der Waals surface area contributed by atoms with E-state index in [1.807, 2.05) is 18.2 Å². The maximum Gasteiger partial charge on any atom is 0.124 e. The Hall–Kier alpha value is -0.810. The molecular formula is C17H25ClN2O2. The molecule has 2 unspecified atom stereocenters. The Labute approximate surface area is 137 Å². The maximum absolute atomic E-state index is 6.18. The highest BCUT2D eigenvalue weighted by molar-refractivity contribution is 6.30. The van der Waals surface area contributed by atoms with Gasteiger partial charge in [0.25, 0.3) is 0 Å². The van der Waals surface area contributed by atoms with Gasteiger partial charge in [-0.3, -0.25) is 4.90 Å². The molecular weight excluding hydrogens is 300 g/mol. The molecule has 3 rings (SSSR count). The van der Waals surface area contributed by atoms with Crippen molar-refractivity contribution in [1.29, 1.82) is 0 Å². The smallest absolute Gasteiger partial charge is 0.124 e. The first-order valence-corrected chi connectivity index (χ1v) is 8.57. The molecule has 1 aromatic rings. The second-order valence-electron chi connectivity index (χ2n) is 6.29. The van der Waals surface area contributed by atoms with Crippen molar-refractivity contribution in [3.8, 4) is 5.75 Å². The number of hydrogen-bond acceptors (Lipinski definition) is 4. The number of benzene rings is 1. The second kappa shape index (κ2) is 7.64. The first-order chi connectivity index (χ1) is 10.7. The van der Waals surface area contributed by atoms with Crippen molar-refractivity contribution in [2.24, 2.45) is 0 Å². The van der Waals surface area contributed by atoms with Gasteiger partial charge in [0, 0.05) is 49.4 Å². The van der Waals surface area contributed by atoms with Crippen LogP contribution in [0.1, 0.15) is 25.3 Å². The molecule has 1 aromatic carbocycles. The number of ether oxygens (including phenoxy) is 2. The molecule has 0 amide bonds. The van der Waals surface area contributed by atoms with Gasteiger partial charge in [-0.25, -0.2) is 0 Å². The minimum Gasteiger partial charge on any atom is -0.491 e. The number of nitrogens with zero attached hydrogens (tertiary/aromatic N) is 1. The van der Waals surface area contributed by atoms with Gasteiger partial charge in [-0.2, -0.15) is 0 Å². The fourth-order valence-electron chi connectivity index (χ4n) is 3.17. The lowest BCUT2D eigenvalue weighted by Gasteiger charge is -2.32. The van der Waals surface area contributed by atoms with Crippen LogP contribution in [0.3, 0.4) is 0 Å². The fourth-order valence-corrected chi connectivity index (χ4v) is 3.36. The van der Waals surface area contributed by atoms with Crippen LogP contribution in [0.2, 0.25) is 5.02 Å². The van der Waals surface area contributed by atoms with E-state index in [1.165, 1.54) is 5.56 Å². The zero-order valence-electron chi connectivity index (χ0n) is 13.2. The van der Waals surface area contributed by atoms with Crippen LogP contribution >= 0.6 is 11.6 Å². The minimum absolute atomic E-state index is 0.239. The van der Waals surface area contributed by atoms with Gasteiger partial charge in [0.05, 0.1) is 6.10 Å². The Balaban J connectivity index is 1.64. The van der Waals surface area contributed by atoms with Gasteiger partial charge in [0.1, 0.15) is 12.4 Å². The van der Waals surface area contributed by atoms with Crippen LogP contribution in [0, 0.1) is 0 Å². The van der Waals surface area contributed by atoms with Crippen LogP contribution in [-0.4, -0.2) is 49.9 Å². The number of nitrogens with one attached hydrogen (secondary N) is 1. The topological polar surface area (TPSA) is 33.7 Å². The van der Waals surface area contributed by atoms with E-state index in [9.17, 15) is 0 Å². The van der Waals surface area contributed by atoms with Crippen LogP contribution in [0.5, 0.6) is 5.75 Å². The van der Waals surface area contributed by atoms with Crippen molar-refractivity contribution >= 4 is 11.6 Å². The maximum atomic E-state index is 6.18. The van der Waals surface area contributed by atoms with E-state index < -0.39 is 0 Å². The molecule has 2 saturated heterocycles. The zero-order chi connectivity index (χ0) is 15.4. The summed E-state index contributed by atoms with van der Waals surface area (Å²) in [4.78, 5) is 2.45. The van der Waals surface area contributed by atoms with Gasteiger partial charge in [0.2, 0.25) is 0 Å².